The lowest BCUT2D eigenvalue weighted by molar-refractivity contribution is -0.115. The van der Waals surface area contributed by atoms with Gasteiger partial charge in [0, 0.05) is 5.69 Å². The molecule has 1 amide bonds. The summed E-state index contributed by atoms with van der Waals surface area (Å²) in [7, 11) is -3.93. The Morgan fingerprint density at radius 2 is 1.48 bits per heavy atom. The van der Waals surface area contributed by atoms with Gasteiger partial charge >= 0.3 is 0 Å². The van der Waals surface area contributed by atoms with Crippen molar-refractivity contribution in [3.05, 3.63) is 83.4 Å². The largest absolute Gasteiger partial charge is 0.325 e. The molecular weight excluding hydrogens is 422 g/mol. The van der Waals surface area contributed by atoms with Crippen LogP contribution in [0.2, 0.25) is 5.02 Å². The Balaban J connectivity index is 1.63. The Morgan fingerprint density at radius 3 is 2.07 bits per heavy atom. The van der Waals surface area contributed by atoms with Crippen LogP contribution in [0, 0.1) is 11.6 Å². The van der Waals surface area contributed by atoms with Crippen LogP contribution in [0.1, 0.15) is 0 Å². The molecule has 0 fully saturated rings. The van der Waals surface area contributed by atoms with Crippen molar-refractivity contribution in [2.45, 2.75) is 4.90 Å². The number of sulfonamides is 1. The van der Waals surface area contributed by atoms with E-state index in [2.05, 4.69) is 10.0 Å². The molecule has 0 aliphatic rings. The molecule has 150 valence electrons. The number of halogens is 3. The van der Waals surface area contributed by atoms with Crippen molar-refractivity contribution in [1.82, 2.24) is 4.72 Å². The zero-order chi connectivity index (χ0) is 21.0. The Kier molecular flexibility index (Phi) is 6.26. The molecule has 3 rings (SSSR count). The summed E-state index contributed by atoms with van der Waals surface area (Å²) in [4.78, 5) is 11.9. The van der Waals surface area contributed by atoms with Crippen molar-refractivity contribution < 1.29 is 22.0 Å². The molecule has 0 heterocycles. The van der Waals surface area contributed by atoms with Crippen LogP contribution in [0.25, 0.3) is 11.1 Å². The first-order chi connectivity index (χ1) is 13.7. The number of anilines is 1. The van der Waals surface area contributed by atoms with Gasteiger partial charge in [-0.1, -0.05) is 35.9 Å². The van der Waals surface area contributed by atoms with Crippen molar-refractivity contribution >= 4 is 33.2 Å². The quantitative estimate of drug-likeness (QED) is 0.608. The van der Waals surface area contributed by atoms with Crippen molar-refractivity contribution in [3.8, 4) is 11.1 Å². The minimum atomic E-state index is -3.93. The molecule has 0 aliphatic heterocycles. The topological polar surface area (TPSA) is 75.3 Å². The van der Waals surface area contributed by atoms with Crippen molar-refractivity contribution in [3.63, 3.8) is 0 Å². The molecule has 0 radical (unpaired) electrons. The van der Waals surface area contributed by atoms with E-state index >= 15 is 0 Å². The molecule has 3 aromatic rings. The Labute approximate surface area is 171 Å². The predicted molar refractivity (Wildman–Crippen MR) is 107 cm³/mol. The van der Waals surface area contributed by atoms with Crippen LogP contribution in [-0.2, 0) is 14.8 Å². The summed E-state index contributed by atoms with van der Waals surface area (Å²) >= 11 is 5.64. The number of carbonyl (C=O) groups excluding carboxylic acids is 1. The maximum Gasteiger partial charge on any atom is 0.241 e. The molecular formula is C20H15ClF2N2O3S. The van der Waals surface area contributed by atoms with E-state index in [1.165, 1.54) is 36.4 Å². The van der Waals surface area contributed by atoms with Gasteiger partial charge in [0.25, 0.3) is 0 Å². The van der Waals surface area contributed by atoms with E-state index in [-0.39, 0.29) is 21.4 Å². The Hall–Kier alpha value is -2.81. The molecule has 0 bridgehead atoms. The van der Waals surface area contributed by atoms with Crippen LogP contribution < -0.4 is 10.0 Å². The second-order valence-corrected chi connectivity index (χ2v) is 8.21. The van der Waals surface area contributed by atoms with Crippen LogP contribution in [0.5, 0.6) is 0 Å². The van der Waals surface area contributed by atoms with Crippen molar-refractivity contribution in [2.24, 2.45) is 0 Å². The van der Waals surface area contributed by atoms with Gasteiger partial charge in [-0.2, -0.15) is 0 Å². The first kappa shape index (κ1) is 20.9. The molecule has 0 aromatic heterocycles. The van der Waals surface area contributed by atoms with Crippen LogP contribution in [0.4, 0.5) is 14.5 Å². The van der Waals surface area contributed by atoms with E-state index in [1.54, 1.807) is 24.3 Å². The zero-order valence-corrected chi connectivity index (χ0v) is 16.4. The average Bonchev–Trinajstić information content (AvgIpc) is 2.70. The van der Waals surface area contributed by atoms with Gasteiger partial charge in [-0.25, -0.2) is 21.9 Å². The molecule has 2 N–H and O–H groups in total. The smallest absolute Gasteiger partial charge is 0.241 e. The minimum Gasteiger partial charge on any atom is -0.325 e. The number of rotatable bonds is 6. The summed E-state index contributed by atoms with van der Waals surface area (Å²) in [5.41, 5.74) is 1.69. The van der Waals surface area contributed by atoms with E-state index in [4.69, 9.17) is 11.6 Å². The van der Waals surface area contributed by atoms with Gasteiger partial charge < -0.3 is 5.32 Å². The fourth-order valence-corrected chi connectivity index (χ4v) is 3.65. The molecule has 29 heavy (non-hydrogen) atoms. The molecule has 3 aromatic carbocycles. The van der Waals surface area contributed by atoms with E-state index in [0.29, 0.717) is 0 Å². The highest BCUT2D eigenvalue weighted by Crippen LogP contribution is 2.22. The first-order valence-corrected chi connectivity index (χ1v) is 10.2. The van der Waals surface area contributed by atoms with Gasteiger partial charge in [-0.3, -0.25) is 4.79 Å². The SMILES string of the molecule is O=C(CNS(=O)(=O)c1ccc(-c2ccc(F)cc2)cc1)Nc1ccc(F)c(Cl)c1. The lowest BCUT2D eigenvalue weighted by Gasteiger charge is -2.09. The van der Waals surface area contributed by atoms with E-state index in [1.807, 2.05) is 0 Å². The fraction of sp³-hybridized carbons (Fsp3) is 0.0500. The molecule has 5 nitrogen and oxygen atoms in total. The standard InChI is InChI=1S/C20H15ClF2N2O3S/c21-18-11-16(7-10-19(18)23)25-20(26)12-24-29(27,28)17-8-3-14(4-9-17)13-1-5-15(22)6-2-13/h1-11,24H,12H2,(H,25,26). The normalized spacial score (nSPS) is 11.3. The van der Waals surface area contributed by atoms with Gasteiger partial charge in [0.1, 0.15) is 11.6 Å². The summed E-state index contributed by atoms with van der Waals surface area (Å²) in [6.45, 7) is -0.517. The Morgan fingerprint density at radius 1 is 0.897 bits per heavy atom. The maximum atomic E-state index is 13.1. The monoisotopic (exact) mass is 436 g/mol. The number of carbonyl (C=O) groups is 1. The average molecular weight is 437 g/mol. The fourth-order valence-electron chi connectivity index (χ4n) is 2.49. The number of hydrogen-bond acceptors (Lipinski definition) is 3. The summed E-state index contributed by atoms with van der Waals surface area (Å²) in [5.74, 6) is -1.63. The number of nitrogens with one attached hydrogen (secondary N) is 2. The van der Waals surface area contributed by atoms with Gasteiger partial charge in [-0.15, -0.1) is 0 Å². The lowest BCUT2D eigenvalue weighted by Crippen LogP contribution is -2.32. The van der Waals surface area contributed by atoms with E-state index < -0.39 is 28.3 Å². The van der Waals surface area contributed by atoms with Crippen LogP contribution in [0.3, 0.4) is 0 Å². The van der Waals surface area contributed by atoms with E-state index in [0.717, 1.165) is 17.2 Å². The summed E-state index contributed by atoms with van der Waals surface area (Å²) in [6, 6.07) is 15.4. The van der Waals surface area contributed by atoms with Crippen LogP contribution >= 0.6 is 11.6 Å². The molecule has 0 atom stereocenters. The molecule has 0 unspecified atom stereocenters. The third-order valence-corrected chi connectivity index (χ3v) is 5.68. The number of benzene rings is 3. The maximum absolute atomic E-state index is 13.1. The first-order valence-electron chi connectivity index (χ1n) is 8.35. The summed E-state index contributed by atoms with van der Waals surface area (Å²) < 4.78 is 53.1. The third-order valence-electron chi connectivity index (χ3n) is 3.97. The molecule has 0 aliphatic carbocycles. The van der Waals surface area contributed by atoms with Gasteiger partial charge in [0.2, 0.25) is 15.9 Å². The lowest BCUT2D eigenvalue weighted by atomic mass is 10.1. The highest BCUT2D eigenvalue weighted by molar-refractivity contribution is 7.89. The zero-order valence-electron chi connectivity index (χ0n) is 14.8. The highest BCUT2D eigenvalue weighted by atomic mass is 35.5. The van der Waals surface area contributed by atoms with Crippen molar-refractivity contribution in [1.29, 1.82) is 0 Å². The van der Waals surface area contributed by atoms with Gasteiger partial charge in [0.05, 0.1) is 16.5 Å². The van der Waals surface area contributed by atoms with E-state index in [9.17, 15) is 22.0 Å². The predicted octanol–water partition coefficient (Wildman–Crippen LogP) is 4.20. The molecule has 0 saturated heterocycles. The third kappa shape index (κ3) is 5.38. The summed E-state index contributed by atoms with van der Waals surface area (Å²) in [6.07, 6.45) is 0. The molecule has 0 spiro atoms. The molecule has 9 heteroatoms. The van der Waals surface area contributed by atoms with Crippen molar-refractivity contribution in [2.75, 3.05) is 11.9 Å². The minimum absolute atomic E-state index is 0.0269. The van der Waals surface area contributed by atoms with Gasteiger partial charge in [0.15, 0.2) is 0 Å². The number of amides is 1. The Bertz CT molecular complexity index is 1140. The highest BCUT2D eigenvalue weighted by Gasteiger charge is 2.16. The van der Waals surface area contributed by atoms with Crippen LogP contribution in [-0.4, -0.2) is 20.9 Å². The summed E-state index contributed by atoms with van der Waals surface area (Å²) in [5, 5.41) is 2.26. The molecule has 0 saturated carbocycles. The van der Waals surface area contributed by atoms with Gasteiger partial charge in [-0.05, 0) is 53.6 Å². The second kappa shape index (κ2) is 8.69. The second-order valence-electron chi connectivity index (χ2n) is 6.03. The number of hydrogen-bond donors (Lipinski definition) is 2. The van der Waals surface area contributed by atoms with Crippen LogP contribution in [0.15, 0.2) is 71.6 Å².